The summed E-state index contributed by atoms with van der Waals surface area (Å²) in [5.41, 5.74) is 0.341. The van der Waals surface area contributed by atoms with Crippen molar-refractivity contribution >= 4 is 21.9 Å². The number of nitrogens with one attached hydrogen (secondary N) is 2. The summed E-state index contributed by atoms with van der Waals surface area (Å²) in [6.45, 7) is 1.50. The van der Waals surface area contributed by atoms with Crippen LogP contribution in [0.5, 0.6) is 0 Å². The summed E-state index contributed by atoms with van der Waals surface area (Å²) in [4.78, 5) is 22.2. The molecule has 7 nitrogen and oxygen atoms in total. The summed E-state index contributed by atoms with van der Waals surface area (Å²) in [6.07, 6.45) is 0.327. The molecule has 1 unspecified atom stereocenters. The fourth-order valence-corrected chi connectivity index (χ4v) is 2.71. The van der Waals surface area contributed by atoms with Crippen LogP contribution in [0.3, 0.4) is 0 Å². The Bertz CT molecular complexity index is 610. The molecule has 0 aliphatic heterocycles. The van der Waals surface area contributed by atoms with Gasteiger partial charge in [0.2, 0.25) is 10.0 Å². The molecule has 0 aliphatic rings. The first kappa shape index (κ1) is 17.1. The summed E-state index contributed by atoms with van der Waals surface area (Å²) in [6, 6.07) is 5.38. The van der Waals surface area contributed by atoms with E-state index in [1.807, 2.05) is 0 Å². The first-order valence-electron chi connectivity index (χ1n) is 6.36. The summed E-state index contributed by atoms with van der Waals surface area (Å²) in [5.74, 6) is -2.14. The molecule has 1 aromatic rings. The van der Waals surface area contributed by atoms with Gasteiger partial charge >= 0.3 is 5.97 Å². The van der Waals surface area contributed by atoms with Crippen molar-refractivity contribution in [1.82, 2.24) is 10.0 Å². The molecule has 0 saturated heterocycles. The number of sulfonamides is 1. The predicted octanol–water partition coefficient (Wildman–Crippen LogP) is 0.435. The third-order valence-electron chi connectivity index (χ3n) is 3.02. The molecule has 0 heterocycles. The van der Waals surface area contributed by atoms with Crippen molar-refractivity contribution in [3.8, 4) is 0 Å². The van der Waals surface area contributed by atoms with E-state index in [-0.39, 0.29) is 17.3 Å². The zero-order valence-electron chi connectivity index (χ0n) is 11.8. The van der Waals surface area contributed by atoms with Gasteiger partial charge in [-0.05, 0) is 30.7 Å². The number of amides is 1. The van der Waals surface area contributed by atoms with Gasteiger partial charge in [-0.1, -0.05) is 6.92 Å². The van der Waals surface area contributed by atoms with E-state index in [0.717, 1.165) is 0 Å². The number of carboxylic acids is 1. The first-order valence-corrected chi connectivity index (χ1v) is 7.84. The van der Waals surface area contributed by atoms with E-state index in [1.165, 1.54) is 31.3 Å². The Balaban J connectivity index is 2.83. The molecule has 21 heavy (non-hydrogen) atoms. The molecule has 1 atom stereocenters. The zero-order valence-corrected chi connectivity index (χ0v) is 12.6. The van der Waals surface area contributed by atoms with Crippen LogP contribution in [0, 0.1) is 5.92 Å². The van der Waals surface area contributed by atoms with Gasteiger partial charge in [0.25, 0.3) is 5.91 Å². The fraction of sp³-hybridized carbons (Fsp3) is 0.385. The Labute approximate surface area is 123 Å². The molecule has 0 aliphatic carbocycles. The van der Waals surface area contributed by atoms with Crippen LogP contribution in [0.2, 0.25) is 0 Å². The predicted molar refractivity (Wildman–Crippen MR) is 76.4 cm³/mol. The van der Waals surface area contributed by atoms with E-state index >= 15 is 0 Å². The van der Waals surface area contributed by atoms with Gasteiger partial charge in [0.05, 0.1) is 10.8 Å². The monoisotopic (exact) mass is 314 g/mol. The normalized spacial score (nSPS) is 12.7. The second-order valence-electron chi connectivity index (χ2n) is 4.40. The molecule has 0 bridgehead atoms. The summed E-state index contributed by atoms with van der Waals surface area (Å²) in [7, 11) is -2.32. The Kier molecular flexibility index (Phi) is 5.86. The van der Waals surface area contributed by atoms with Gasteiger partial charge in [0.1, 0.15) is 0 Å². The van der Waals surface area contributed by atoms with Crippen LogP contribution in [0.1, 0.15) is 23.7 Å². The van der Waals surface area contributed by atoms with Crippen LogP contribution in [0.25, 0.3) is 0 Å². The molecule has 0 aromatic heterocycles. The number of hydrogen-bond acceptors (Lipinski definition) is 4. The van der Waals surface area contributed by atoms with E-state index < -0.39 is 21.9 Å². The molecule has 0 radical (unpaired) electrons. The number of rotatable bonds is 7. The number of carbonyl (C=O) groups is 2. The lowest BCUT2D eigenvalue weighted by atomic mass is 10.1. The Morgan fingerprint density at radius 2 is 1.81 bits per heavy atom. The number of benzene rings is 1. The molecular weight excluding hydrogens is 296 g/mol. The molecule has 1 rings (SSSR count). The highest BCUT2D eigenvalue weighted by Crippen LogP contribution is 2.11. The molecular formula is C13H18N2O5S. The largest absolute Gasteiger partial charge is 0.481 e. The Morgan fingerprint density at radius 1 is 1.24 bits per heavy atom. The van der Waals surface area contributed by atoms with Crippen LogP contribution in [0.15, 0.2) is 29.2 Å². The lowest BCUT2D eigenvalue weighted by Gasteiger charge is -2.11. The molecule has 1 amide bonds. The minimum Gasteiger partial charge on any atom is -0.481 e. The average Bonchev–Trinajstić information content (AvgIpc) is 2.46. The maximum Gasteiger partial charge on any atom is 0.307 e. The third-order valence-corrected chi connectivity index (χ3v) is 4.46. The molecule has 8 heteroatoms. The summed E-state index contributed by atoms with van der Waals surface area (Å²) < 4.78 is 26.3. The second kappa shape index (κ2) is 7.19. The number of carboxylic acid groups (broad SMARTS) is 1. The summed E-state index contributed by atoms with van der Waals surface area (Å²) >= 11 is 0. The van der Waals surface area contributed by atoms with Gasteiger partial charge in [-0.3, -0.25) is 9.59 Å². The van der Waals surface area contributed by atoms with Crippen LogP contribution in [-0.4, -0.2) is 39.0 Å². The molecule has 0 fully saturated rings. The quantitative estimate of drug-likeness (QED) is 0.676. The van der Waals surface area contributed by atoms with Gasteiger partial charge in [-0.15, -0.1) is 0 Å². The molecule has 116 valence electrons. The zero-order chi connectivity index (χ0) is 16.0. The van der Waals surface area contributed by atoms with E-state index in [0.29, 0.717) is 12.0 Å². The number of carbonyl (C=O) groups excluding carboxylic acids is 1. The van der Waals surface area contributed by atoms with E-state index in [4.69, 9.17) is 5.11 Å². The number of aliphatic carboxylic acids is 1. The van der Waals surface area contributed by atoms with Gasteiger partial charge in [0, 0.05) is 19.2 Å². The van der Waals surface area contributed by atoms with Crippen molar-refractivity contribution < 1.29 is 23.1 Å². The lowest BCUT2D eigenvalue weighted by molar-refractivity contribution is -0.141. The van der Waals surface area contributed by atoms with Gasteiger partial charge in [0.15, 0.2) is 0 Å². The number of hydrogen-bond donors (Lipinski definition) is 3. The highest BCUT2D eigenvalue weighted by atomic mass is 32.2. The highest BCUT2D eigenvalue weighted by molar-refractivity contribution is 7.89. The van der Waals surface area contributed by atoms with Crippen LogP contribution in [0.4, 0.5) is 0 Å². The van der Waals surface area contributed by atoms with Crippen LogP contribution < -0.4 is 10.0 Å². The first-order chi connectivity index (χ1) is 9.81. The second-order valence-corrected chi connectivity index (χ2v) is 6.17. The summed E-state index contributed by atoms with van der Waals surface area (Å²) in [5, 5.41) is 11.3. The maximum atomic E-state index is 12.0. The minimum atomic E-state index is -3.79. The van der Waals surface area contributed by atoms with Gasteiger partial charge < -0.3 is 10.4 Å². The van der Waals surface area contributed by atoms with E-state index in [1.54, 1.807) is 6.92 Å². The lowest BCUT2D eigenvalue weighted by Crippen LogP contribution is -2.32. The molecule has 0 saturated carbocycles. The van der Waals surface area contributed by atoms with E-state index in [9.17, 15) is 18.0 Å². The minimum absolute atomic E-state index is 0.0182. The Morgan fingerprint density at radius 3 is 2.24 bits per heavy atom. The Hall–Kier alpha value is -1.93. The molecule has 1 aromatic carbocycles. The molecule has 0 spiro atoms. The fourth-order valence-electron chi connectivity index (χ4n) is 1.63. The van der Waals surface area contributed by atoms with Crippen molar-refractivity contribution in [2.75, 3.05) is 13.6 Å². The van der Waals surface area contributed by atoms with Crippen LogP contribution in [-0.2, 0) is 14.8 Å². The topological polar surface area (TPSA) is 113 Å². The van der Waals surface area contributed by atoms with Crippen molar-refractivity contribution in [2.45, 2.75) is 18.2 Å². The van der Waals surface area contributed by atoms with Gasteiger partial charge in [-0.2, -0.15) is 0 Å². The smallest absolute Gasteiger partial charge is 0.307 e. The highest BCUT2D eigenvalue weighted by Gasteiger charge is 2.20. The standard InChI is InChI=1S/C13H18N2O5S/c1-3-9(13(17)18)8-15-21(19,20)11-6-4-10(5-7-11)12(16)14-2/h4-7,9,15H,3,8H2,1-2H3,(H,14,16)(H,17,18). The molecule has 3 N–H and O–H groups in total. The SMILES string of the molecule is CCC(CNS(=O)(=O)c1ccc(C(=O)NC)cc1)C(=O)O. The van der Waals surface area contributed by atoms with Crippen LogP contribution >= 0.6 is 0 Å². The van der Waals surface area contributed by atoms with Crippen molar-refractivity contribution in [3.63, 3.8) is 0 Å². The average molecular weight is 314 g/mol. The van der Waals surface area contributed by atoms with Crippen molar-refractivity contribution in [2.24, 2.45) is 5.92 Å². The van der Waals surface area contributed by atoms with Gasteiger partial charge in [-0.25, -0.2) is 13.1 Å². The third kappa shape index (κ3) is 4.54. The van der Waals surface area contributed by atoms with E-state index in [2.05, 4.69) is 10.0 Å². The maximum absolute atomic E-state index is 12.0. The van der Waals surface area contributed by atoms with Crippen molar-refractivity contribution in [1.29, 1.82) is 0 Å². The van der Waals surface area contributed by atoms with Crippen molar-refractivity contribution in [3.05, 3.63) is 29.8 Å².